The van der Waals surface area contributed by atoms with Crippen LogP contribution in [0.1, 0.15) is 0 Å². The summed E-state index contributed by atoms with van der Waals surface area (Å²) >= 11 is 0. The van der Waals surface area contributed by atoms with Gasteiger partial charge in [-0.2, -0.15) is 0 Å². The van der Waals surface area contributed by atoms with Gasteiger partial charge < -0.3 is 15.1 Å². The number of hydrogen-bond donors (Lipinski definition) is 1. The normalized spacial score (nSPS) is 23.6. The molecule has 0 radical (unpaired) electrons. The van der Waals surface area contributed by atoms with E-state index in [1.165, 1.54) is 0 Å². The Morgan fingerprint density at radius 1 is 1.31 bits per heavy atom. The van der Waals surface area contributed by atoms with Crippen molar-refractivity contribution in [2.24, 2.45) is 0 Å². The van der Waals surface area contributed by atoms with Gasteiger partial charge in [0.15, 0.2) is 0 Å². The topological polar surface area (TPSA) is 38.8 Å². The van der Waals surface area contributed by atoms with Gasteiger partial charge in [0.25, 0.3) is 0 Å². The van der Waals surface area contributed by atoms with Crippen molar-refractivity contribution in [1.29, 1.82) is 0 Å². The molecule has 0 saturated carbocycles. The maximum Gasteiger partial charge on any atom is 0.236 e. The van der Waals surface area contributed by atoms with E-state index in [0.29, 0.717) is 12.6 Å². The monoisotopic (exact) mass is 226 g/mol. The minimum atomic E-state index is 0.280. The Hall–Kier alpha value is -0.650. The fourth-order valence-electron chi connectivity index (χ4n) is 2.08. The molecular weight excluding hydrogens is 204 g/mol. The molecule has 5 nitrogen and oxygen atoms in total. The fourth-order valence-corrected chi connectivity index (χ4v) is 2.08. The molecule has 16 heavy (non-hydrogen) atoms. The van der Waals surface area contributed by atoms with Crippen molar-refractivity contribution in [3.05, 3.63) is 0 Å². The summed E-state index contributed by atoms with van der Waals surface area (Å²) in [5, 5.41) is 3.23. The maximum atomic E-state index is 12.0. The summed E-state index contributed by atoms with van der Waals surface area (Å²) in [4.78, 5) is 18.4. The second kappa shape index (κ2) is 5.12. The van der Waals surface area contributed by atoms with E-state index < -0.39 is 0 Å². The van der Waals surface area contributed by atoms with E-state index in [1.54, 1.807) is 0 Å². The number of piperazine rings is 1. The Bertz CT molecular complexity index is 246. The van der Waals surface area contributed by atoms with Crippen LogP contribution in [-0.2, 0) is 4.79 Å². The van der Waals surface area contributed by atoms with Crippen molar-refractivity contribution in [1.82, 2.24) is 20.0 Å². The van der Waals surface area contributed by atoms with Crippen LogP contribution in [0.15, 0.2) is 0 Å². The molecule has 2 aliphatic heterocycles. The maximum absolute atomic E-state index is 12.0. The highest BCUT2D eigenvalue weighted by atomic mass is 16.2. The van der Waals surface area contributed by atoms with Crippen LogP contribution in [0.2, 0.25) is 0 Å². The van der Waals surface area contributed by atoms with E-state index in [4.69, 9.17) is 0 Å². The van der Waals surface area contributed by atoms with Crippen molar-refractivity contribution in [3.8, 4) is 0 Å². The molecule has 0 atom stereocenters. The molecule has 2 heterocycles. The molecular formula is C11H22N4O. The molecule has 1 N–H and O–H groups in total. The van der Waals surface area contributed by atoms with Gasteiger partial charge in [0.05, 0.1) is 6.54 Å². The predicted octanol–water partition coefficient (Wildman–Crippen LogP) is -1.34. The summed E-state index contributed by atoms with van der Waals surface area (Å²) in [6.07, 6.45) is 0. The molecule has 0 aromatic heterocycles. The van der Waals surface area contributed by atoms with Crippen molar-refractivity contribution in [3.63, 3.8) is 0 Å². The van der Waals surface area contributed by atoms with Crippen LogP contribution < -0.4 is 5.32 Å². The van der Waals surface area contributed by atoms with E-state index in [2.05, 4.69) is 22.2 Å². The molecule has 0 aliphatic carbocycles. The van der Waals surface area contributed by atoms with Crippen molar-refractivity contribution in [2.45, 2.75) is 6.04 Å². The third-order valence-corrected chi connectivity index (χ3v) is 3.62. The largest absolute Gasteiger partial charge is 0.339 e. The van der Waals surface area contributed by atoms with Gasteiger partial charge in [-0.1, -0.05) is 0 Å². The highest BCUT2D eigenvalue weighted by Gasteiger charge is 2.25. The first-order valence-corrected chi connectivity index (χ1v) is 6.04. The molecule has 0 bridgehead atoms. The molecule has 92 valence electrons. The minimum Gasteiger partial charge on any atom is -0.339 e. The fraction of sp³-hybridized carbons (Fsp3) is 0.909. The lowest BCUT2D eigenvalue weighted by Crippen LogP contribution is -2.58. The van der Waals surface area contributed by atoms with Crippen LogP contribution in [0.25, 0.3) is 0 Å². The highest BCUT2D eigenvalue weighted by Crippen LogP contribution is 2.04. The second-order valence-electron chi connectivity index (χ2n) is 4.91. The summed E-state index contributed by atoms with van der Waals surface area (Å²) in [6.45, 7) is 6.37. The van der Waals surface area contributed by atoms with Crippen molar-refractivity contribution < 1.29 is 4.79 Å². The molecule has 2 saturated heterocycles. The van der Waals surface area contributed by atoms with E-state index in [-0.39, 0.29) is 5.91 Å². The third-order valence-electron chi connectivity index (χ3n) is 3.62. The summed E-state index contributed by atoms with van der Waals surface area (Å²) in [7, 11) is 4.15. The predicted molar refractivity (Wildman–Crippen MR) is 63.4 cm³/mol. The standard InChI is InChI=1S/C11H22N4O/c1-13-3-5-15(6-4-13)11(16)9-14(2)10-7-12-8-10/h10,12H,3-9H2,1-2H3. The van der Waals surface area contributed by atoms with Gasteiger partial charge in [-0.3, -0.25) is 9.69 Å². The number of amides is 1. The SMILES string of the molecule is CN1CCN(C(=O)CN(C)C2CNC2)CC1. The number of rotatable bonds is 3. The zero-order chi connectivity index (χ0) is 11.5. The minimum absolute atomic E-state index is 0.280. The number of carbonyl (C=O) groups is 1. The molecule has 2 aliphatic rings. The summed E-state index contributed by atoms with van der Waals surface area (Å²) in [5.41, 5.74) is 0. The Morgan fingerprint density at radius 2 is 1.94 bits per heavy atom. The zero-order valence-electron chi connectivity index (χ0n) is 10.3. The van der Waals surface area contributed by atoms with Gasteiger partial charge in [0.1, 0.15) is 0 Å². The van der Waals surface area contributed by atoms with Crippen LogP contribution in [0.4, 0.5) is 0 Å². The van der Waals surface area contributed by atoms with Crippen LogP contribution in [0.5, 0.6) is 0 Å². The first-order chi connectivity index (χ1) is 7.66. The zero-order valence-corrected chi connectivity index (χ0v) is 10.3. The number of likely N-dealkylation sites (N-methyl/N-ethyl adjacent to an activating group) is 2. The first kappa shape index (κ1) is 11.8. The average Bonchev–Trinajstić information content (AvgIpc) is 2.15. The number of carbonyl (C=O) groups excluding carboxylic acids is 1. The van der Waals surface area contributed by atoms with E-state index in [0.717, 1.165) is 39.3 Å². The van der Waals surface area contributed by atoms with Gasteiger partial charge in [-0.15, -0.1) is 0 Å². The molecule has 0 aromatic rings. The molecule has 0 aromatic carbocycles. The highest BCUT2D eigenvalue weighted by molar-refractivity contribution is 5.78. The molecule has 0 unspecified atom stereocenters. The number of hydrogen-bond acceptors (Lipinski definition) is 4. The van der Waals surface area contributed by atoms with Crippen LogP contribution in [-0.4, -0.2) is 86.6 Å². The first-order valence-electron chi connectivity index (χ1n) is 6.04. The lowest BCUT2D eigenvalue weighted by molar-refractivity contribution is -0.134. The Kier molecular flexibility index (Phi) is 3.78. The quantitative estimate of drug-likeness (QED) is 0.647. The van der Waals surface area contributed by atoms with E-state index in [1.807, 2.05) is 11.9 Å². The van der Waals surface area contributed by atoms with Crippen LogP contribution >= 0.6 is 0 Å². The number of nitrogens with one attached hydrogen (secondary N) is 1. The van der Waals surface area contributed by atoms with E-state index >= 15 is 0 Å². The van der Waals surface area contributed by atoms with Crippen LogP contribution in [0, 0.1) is 0 Å². The van der Waals surface area contributed by atoms with Crippen molar-refractivity contribution >= 4 is 5.91 Å². The lowest BCUT2D eigenvalue weighted by Gasteiger charge is -2.38. The van der Waals surface area contributed by atoms with Gasteiger partial charge in [-0.05, 0) is 14.1 Å². The number of nitrogens with zero attached hydrogens (tertiary/aromatic N) is 3. The molecule has 1 amide bonds. The molecule has 0 spiro atoms. The smallest absolute Gasteiger partial charge is 0.236 e. The summed E-state index contributed by atoms with van der Waals surface area (Å²) in [5.74, 6) is 0.280. The average molecular weight is 226 g/mol. The lowest BCUT2D eigenvalue weighted by atomic mass is 10.1. The summed E-state index contributed by atoms with van der Waals surface area (Å²) in [6, 6.07) is 0.552. The van der Waals surface area contributed by atoms with Gasteiger partial charge in [-0.25, -0.2) is 0 Å². The van der Waals surface area contributed by atoms with E-state index in [9.17, 15) is 4.79 Å². The van der Waals surface area contributed by atoms with Gasteiger partial charge in [0, 0.05) is 45.3 Å². The van der Waals surface area contributed by atoms with Crippen molar-refractivity contribution in [2.75, 3.05) is 59.9 Å². The summed E-state index contributed by atoms with van der Waals surface area (Å²) < 4.78 is 0. The molecule has 2 rings (SSSR count). The Morgan fingerprint density at radius 3 is 2.44 bits per heavy atom. The third kappa shape index (κ3) is 2.72. The van der Waals surface area contributed by atoms with Crippen LogP contribution in [0.3, 0.4) is 0 Å². The Labute approximate surface area is 97.4 Å². The molecule has 2 fully saturated rings. The van der Waals surface area contributed by atoms with Gasteiger partial charge >= 0.3 is 0 Å². The second-order valence-corrected chi connectivity index (χ2v) is 4.91. The van der Waals surface area contributed by atoms with Gasteiger partial charge in [0.2, 0.25) is 5.91 Å². The molecule has 5 heteroatoms. The Balaban J connectivity index is 1.74.